The van der Waals surface area contributed by atoms with E-state index in [2.05, 4.69) is 18.7 Å². The van der Waals surface area contributed by atoms with Gasteiger partial charge in [0.15, 0.2) is 0 Å². The minimum atomic E-state index is -1.07. The normalized spacial score (nSPS) is 25.6. The zero-order chi connectivity index (χ0) is 21.4. The Morgan fingerprint density at radius 3 is 2.25 bits per heavy atom. The van der Waals surface area contributed by atoms with Gasteiger partial charge in [0.05, 0.1) is 19.2 Å². The largest absolute Gasteiger partial charge is 0.444 e. The lowest BCUT2D eigenvalue weighted by Crippen LogP contribution is -2.83. The van der Waals surface area contributed by atoms with Crippen LogP contribution in [0.4, 0.5) is 4.79 Å². The van der Waals surface area contributed by atoms with Crippen molar-refractivity contribution in [1.29, 1.82) is 0 Å². The van der Waals surface area contributed by atoms with Gasteiger partial charge in [-0.25, -0.2) is 4.79 Å². The predicted molar refractivity (Wildman–Crippen MR) is 103 cm³/mol. The summed E-state index contributed by atoms with van der Waals surface area (Å²) in [5, 5.41) is 9.91. The maximum absolute atomic E-state index is 13.2. The summed E-state index contributed by atoms with van der Waals surface area (Å²) in [6.45, 7) is 13.1. The van der Waals surface area contributed by atoms with Crippen LogP contribution < -0.4 is 5.73 Å². The van der Waals surface area contributed by atoms with Crippen molar-refractivity contribution < 1.29 is 24.2 Å². The molecule has 0 saturated carbocycles. The van der Waals surface area contributed by atoms with Gasteiger partial charge < -0.3 is 25.4 Å². The zero-order valence-electron chi connectivity index (χ0n) is 17.8. The van der Waals surface area contributed by atoms with Crippen molar-refractivity contribution in [2.75, 3.05) is 32.7 Å². The summed E-state index contributed by atoms with van der Waals surface area (Å²) < 4.78 is 5.47. The number of ether oxygens (including phenoxy) is 1. The first kappa shape index (κ1) is 22.4. The SMILES string of the molecule is CC(C)CN1CCN(C(=O)OC(C)(C)C)CC12CN([C@H](C(N)=O)[C@@H](C)O)C2=O. The Balaban J connectivity index is 2.24. The molecule has 2 aliphatic rings. The van der Waals surface area contributed by atoms with E-state index in [1.54, 1.807) is 25.7 Å². The number of aliphatic hydroxyl groups excluding tert-OH is 1. The smallest absolute Gasteiger partial charge is 0.410 e. The first-order valence-corrected chi connectivity index (χ1v) is 9.80. The topological polar surface area (TPSA) is 116 Å². The van der Waals surface area contributed by atoms with Crippen LogP contribution in [0.1, 0.15) is 41.5 Å². The molecule has 2 rings (SSSR count). The standard InChI is InChI=1S/C19H34N4O5/c1-12(2)9-22-8-7-21(17(27)28-18(4,5)6)10-19(22)11-23(16(19)26)14(13(3)24)15(20)25/h12-14,24H,7-11H2,1-6H3,(H2,20,25)/t13-,14+,19?/m1/s1. The highest BCUT2D eigenvalue weighted by Gasteiger charge is 2.61. The van der Waals surface area contributed by atoms with E-state index in [1.807, 2.05) is 0 Å². The van der Waals surface area contributed by atoms with Gasteiger partial charge >= 0.3 is 6.09 Å². The van der Waals surface area contributed by atoms with Crippen LogP contribution in [0.5, 0.6) is 0 Å². The zero-order valence-corrected chi connectivity index (χ0v) is 17.8. The fourth-order valence-corrected chi connectivity index (χ4v) is 3.97. The molecule has 0 aliphatic carbocycles. The second kappa shape index (κ2) is 7.87. The maximum Gasteiger partial charge on any atom is 0.410 e. The minimum absolute atomic E-state index is 0.190. The number of carbonyl (C=O) groups is 3. The first-order valence-electron chi connectivity index (χ1n) is 9.80. The van der Waals surface area contributed by atoms with Gasteiger partial charge in [0.2, 0.25) is 11.8 Å². The number of piperazine rings is 1. The van der Waals surface area contributed by atoms with Crippen molar-refractivity contribution in [2.45, 2.75) is 64.8 Å². The molecular formula is C19H34N4O5. The molecule has 0 bridgehead atoms. The van der Waals surface area contributed by atoms with E-state index < -0.39 is 35.3 Å². The molecule has 3 amide bonds. The van der Waals surface area contributed by atoms with Gasteiger partial charge in [-0.2, -0.15) is 0 Å². The second-order valence-electron chi connectivity index (χ2n) is 9.29. The van der Waals surface area contributed by atoms with Crippen molar-refractivity contribution >= 4 is 17.9 Å². The van der Waals surface area contributed by atoms with Gasteiger partial charge in [-0.05, 0) is 33.6 Å². The third kappa shape index (κ3) is 4.41. The highest BCUT2D eigenvalue weighted by molar-refractivity contribution is 5.98. The molecule has 0 radical (unpaired) electrons. The van der Waals surface area contributed by atoms with E-state index >= 15 is 0 Å². The molecule has 9 nitrogen and oxygen atoms in total. The van der Waals surface area contributed by atoms with E-state index in [4.69, 9.17) is 10.5 Å². The van der Waals surface area contributed by atoms with E-state index in [1.165, 1.54) is 11.8 Å². The number of likely N-dealkylation sites (tertiary alicyclic amines) is 1. The number of hydrogen-bond donors (Lipinski definition) is 2. The van der Waals surface area contributed by atoms with Gasteiger partial charge in [0.1, 0.15) is 17.2 Å². The Labute approximate surface area is 166 Å². The van der Waals surface area contributed by atoms with Crippen LogP contribution in [0.2, 0.25) is 0 Å². The molecule has 2 heterocycles. The summed E-state index contributed by atoms with van der Waals surface area (Å²) in [6, 6.07) is -1.07. The van der Waals surface area contributed by atoms with E-state index in [0.29, 0.717) is 25.6 Å². The Kier molecular flexibility index (Phi) is 6.30. The third-order valence-electron chi connectivity index (χ3n) is 5.11. The lowest BCUT2D eigenvalue weighted by molar-refractivity contribution is -0.182. The van der Waals surface area contributed by atoms with Crippen LogP contribution in [-0.4, -0.2) is 93.7 Å². The highest BCUT2D eigenvalue weighted by atomic mass is 16.6. The quantitative estimate of drug-likeness (QED) is 0.630. The number of primary amides is 1. The van der Waals surface area contributed by atoms with Crippen molar-refractivity contribution in [3.63, 3.8) is 0 Å². The van der Waals surface area contributed by atoms with Gasteiger partial charge in [0, 0.05) is 19.6 Å². The number of rotatable bonds is 5. The summed E-state index contributed by atoms with van der Waals surface area (Å²) >= 11 is 0. The predicted octanol–water partition coefficient (Wildman–Crippen LogP) is 0.0108. The summed E-state index contributed by atoms with van der Waals surface area (Å²) in [5.41, 5.74) is 3.86. The molecule has 0 aromatic rings. The molecule has 2 aliphatic heterocycles. The van der Waals surface area contributed by atoms with Crippen LogP contribution in [-0.2, 0) is 14.3 Å². The highest BCUT2D eigenvalue weighted by Crippen LogP contribution is 2.36. The van der Waals surface area contributed by atoms with Crippen LogP contribution in [0.25, 0.3) is 0 Å². The van der Waals surface area contributed by atoms with Gasteiger partial charge in [-0.3, -0.25) is 14.5 Å². The van der Waals surface area contributed by atoms with E-state index in [-0.39, 0.29) is 19.0 Å². The number of hydrogen-bond acceptors (Lipinski definition) is 6. The summed E-state index contributed by atoms with van der Waals surface area (Å²) in [5.74, 6) is -0.699. The average Bonchev–Trinajstić information content (AvgIpc) is 2.52. The molecule has 2 saturated heterocycles. The molecule has 0 aromatic heterocycles. The van der Waals surface area contributed by atoms with Gasteiger partial charge in [-0.15, -0.1) is 0 Å². The second-order valence-corrected chi connectivity index (χ2v) is 9.29. The van der Waals surface area contributed by atoms with Crippen molar-refractivity contribution in [3.8, 4) is 0 Å². The summed E-state index contributed by atoms with van der Waals surface area (Å²) in [6.07, 6.45) is -1.52. The van der Waals surface area contributed by atoms with E-state index in [9.17, 15) is 19.5 Å². The number of nitrogens with two attached hydrogens (primary N) is 1. The molecule has 1 spiro atoms. The van der Waals surface area contributed by atoms with Crippen molar-refractivity contribution in [1.82, 2.24) is 14.7 Å². The Hall–Kier alpha value is -1.87. The molecular weight excluding hydrogens is 364 g/mol. The summed E-state index contributed by atoms with van der Waals surface area (Å²) in [7, 11) is 0. The van der Waals surface area contributed by atoms with Gasteiger partial charge in [-0.1, -0.05) is 13.8 Å². The molecule has 2 fully saturated rings. The number of carbonyl (C=O) groups excluding carboxylic acids is 3. The van der Waals surface area contributed by atoms with Crippen LogP contribution in [0.3, 0.4) is 0 Å². The minimum Gasteiger partial charge on any atom is -0.444 e. The maximum atomic E-state index is 13.2. The Bertz CT molecular complexity index is 630. The molecule has 9 heteroatoms. The first-order chi connectivity index (χ1) is 12.8. The molecule has 28 heavy (non-hydrogen) atoms. The van der Waals surface area contributed by atoms with Crippen molar-refractivity contribution in [3.05, 3.63) is 0 Å². The molecule has 3 atom stereocenters. The number of aliphatic hydroxyl groups is 1. The fourth-order valence-electron chi connectivity index (χ4n) is 3.97. The van der Waals surface area contributed by atoms with Crippen molar-refractivity contribution in [2.24, 2.45) is 11.7 Å². The third-order valence-corrected chi connectivity index (χ3v) is 5.11. The molecule has 1 unspecified atom stereocenters. The number of nitrogens with zero attached hydrogens (tertiary/aromatic N) is 3. The lowest BCUT2D eigenvalue weighted by Gasteiger charge is -2.60. The molecule has 3 N–H and O–H groups in total. The monoisotopic (exact) mass is 398 g/mol. The Morgan fingerprint density at radius 1 is 1.21 bits per heavy atom. The number of amides is 3. The van der Waals surface area contributed by atoms with Gasteiger partial charge in [0.25, 0.3) is 0 Å². The average molecular weight is 399 g/mol. The fraction of sp³-hybridized carbons (Fsp3) is 0.842. The Morgan fingerprint density at radius 2 is 1.82 bits per heavy atom. The number of β-lactam (4-membered cyclic amide) rings is 1. The molecule has 160 valence electrons. The van der Waals surface area contributed by atoms with Crippen LogP contribution in [0, 0.1) is 5.92 Å². The molecule has 0 aromatic carbocycles. The lowest BCUT2D eigenvalue weighted by atomic mass is 9.81. The van der Waals surface area contributed by atoms with E-state index in [0.717, 1.165) is 0 Å². The van der Waals surface area contributed by atoms with Crippen LogP contribution >= 0.6 is 0 Å². The van der Waals surface area contributed by atoms with Crippen LogP contribution in [0.15, 0.2) is 0 Å². The summed E-state index contributed by atoms with van der Waals surface area (Å²) in [4.78, 5) is 42.5.